The van der Waals surface area contributed by atoms with Crippen LogP contribution in [0, 0.1) is 0 Å². The van der Waals surface area contributed by atoms with Gasteiger partial charge in [0.05, 0.1) is 0 Å². The topological polar surface area (TPSA) is 40.6 Å². The molecule has 92 valence electrons. The van der Waals surface area contributed by atoms with Crippen molar-refractivity contribution in [3.63, 3.8) is 0 Å². The lowest BCUT2D eigenvalue weighted by Gasteiger charge is -2.33. The van der Waals surface area contributed by atoms with Crippen LogP contribution in [0.25, 0.3) is 0 Å². The number of hydrogen-bond donors (Lipinski definition) is 0. The summed E-state index contributed by atoms with van der Waals surface area (Å²) in [4.78, 5) is 23.5. The molecule has 0 saturated carbocycles. The van der Waals surface area contributed by atoms with Crippen LogP contribution in [-0.4, -0.2) is 44.0 Å². The average Bonchev–Trinajstić information content (AvgIpc) is 2.11. The van der Waals surface area contributed by atoms with Crippen LogP contribution in [0.2, 0.25) is 0 Å². The van der Waals surface area contributed by atoms with Crippen molar-refractivity contribution in [2.24, 2.45) is 0 Å². The molecule has 16 heavy (non-hydrogen) atoms. The van der Waals surface area contributed by atoms with Gasteiger partial charge in [-0.1, -0.05) is 27.7 Å². The normalized spacial score (nSPS) is 17.9. The van der Waals surface area contributed by atoms with Crippen molar-refractivity contribution in [3.05, 3.63) is 0 Å². The Morgan fingerprint density at radius 2 is 1.19 bits per heavy atom. The standard InChI is InChI=1S/C10H18N2O2S2/c1-7(2)15-11-5-10(14)12(6-9(11)13)16-8(3)4/h7-8H,5-6H2,1-4H3. The van der Waals surface area contributed by atoms with E-state index in [1.165, 1.54) is 23.9 Å². The molecular weight excluding hydrogens is 244 g/mol. The largest absolute Gasteiger partial charge is 0.275 e. The molecule has 0 N–H and O–H groups in total. The van der Waals surface area contributed by atoms with E-state index in [9.17, 15) is 9.59 Å². The Morgan fingerprint density at radius 3 is 1.44 bits per heavy atom. The van der Waals surface area contributed by atoms with Gasteiger partial charge in [0.25, 0.3) is 11.8 Å². The molecule has 1 heterocycles. The third-order valence-electron chi connectivity index (χ3n) is 1.79. The first-order valence-corrected chi connectivity index (χ1v) is 7.01. The highest BCUT2D eigenvalue weighted by Crippen LogP contribution is 2.25. The molecule has 0 spiro atoms. The highest BCUT2D eigenvalue weighted by molar-refractivity contribution is 7.98. The van der Waals surface area contributed by atoms with Gasteiger partial charge in [0.15, 0.2) is 0 Å². The predicted octanol–water partition coefficient (Wildman–Crippen LogP) is 1.77. The molecule has 0 aliphatic carbocycles. The van der Waals surface area contributed by atoms with E-state index in [4.69, 9.17) is 0 Å². The second-order valence-electron chi connectivity index (χ2n) is 4.17. The van der Waals surface area contributed by atoms with E-state index in [0.29, 0.717) is 10.5 Å². The quantitative estimate of drug-likeness (QED) is 0.724. The first-order chi connectivity index (χ1) is 7.40. The van der Waals surface area contributed by atoms with Crippen molar-refractivity contribution in [2.75, 3.05) is 13.1 Å². The fourth-order valence-corrected chi connectivity index (χ4v) is 3.02. The van der Waals surface area contributed by atoms with Crippen LogP contribution >= 0.6 is 23.9 Å². The van der Waals surface area contributed by atoms with E-state index in [0.717, 1.165) is 0 Å². The first kappa shape index (κ1) is 13.7. The van der Waals surface area contributed by atoms with Crippen molar-refractivity contribution in [1.82, 2.24) is 8.61 Å². The molecule has 2 amide bonds. The van der Waals surface area contributed by atoms with Crippen LogP contribution in [0.15, 0.2) is 0 Å². The zero-order valence-corrected chi connectivity index (χ0v) is 11.7. The Morgan fingerprint density at radius 1 is 0.875 bits per heavy atom. The molecule has 1 saturated heterocycles. The molecule has 1 aliphatic heterocycles. The minimum Gasteiger partial charge on any atom is -0.275 e. The van der Waals surface area contributed by atoms with Gasteiger partial charge in [0.2, 0.25) is 0 Å². The summed E-state index contributed by atoms with van der Waals surface area (Å²) in [6.45, 7) is 8.44. The van der Waals surface area contributed by atoms with Crippen molar-refractivity contribution >= 4 is 35.7 Å². The SMILES string of the molecule is CC(C)SN1CC(=O)N(SC(C)C)CC1=O. The van der Waals surface area contributed by atoms with Crippen molar-refractivity contribution in [3.8, 4) is 0 Å². The van der Waals surface area contributed by atoms with Gasteiger partial charge in [-0.3, -0.25) is 18.2 Å². The van der Waals surface area contributed by atoms with Crippen LogP contribution in [0.3, 0.4) is 0 Å². The Bertz CT molecular complexity index is 254. The fraction of sp³-hybridized carbons (Fsp3) is 0.800. The van der Waals surface area contributed by atoms with Crippen LogP contribution in [0.4, 0.5) is 0 Å². The predicted molar refractivity (Wildman–Crippen MR) is 68.9 cm³/mol. The van der Waals surface area contributed by atoms with Gasteiger partial charge in [-0.05, 0) is 23.9 Å². The summed E-state index contributed by atoms with van der Waals surface area (Å²) < 4.78 is 3.15. The molecule has 1 aliphatic rings. The molecular formula is C10H18N2O2S2. The van der Waals surface area contributed by atoms with Gasteiger partial charge in [-0.15, -0.1) is 0 Å². The molecule has 0 radical (unpaired) electrons. The molecule has 1 fully saturated rings. The molecule has 0 aromatic heterocycles. The third kappa shape index (κ3) is 3.90. The lowest BCUT2D eigenvalue weighted by molar-refractivity contribution is -0.140. The zero-order valence-electron chi connectivity index (χ0n) is 10.1. The van der Waals surface area contributed by atoms with Crippen molar-refractivity contribution in [1.29, 1.82) is 0 Å². The molecule has 0 unspecified atom stereocenters. The Kier molecular flexibility index (Phi) is 4.98. The van der Waals surface area contributed by atoms with Gasteiger partial charge in [0.1, 0.15) is 13.1 Å². The van der Waals surface area contributed by atoms with Crippen molar-refractivity contribution in [2.45, 2.75) is 38.2 Å². The van der Waals surface area contributed by atoms with Crippen molar-refractivity contribution < 1.29 is 9.59 Å². The van der Waals surface area contributed by atoms with Gasteiger partial charge in [-0.2, -0.15) is 0 Å². The molecule has 0 bridgehead atoms. The second-order valence-corrected chi connectivity index (χ2v) is 7.36. The van der Waals surface area contributed by atoms with Gasteiger partial charge in [-0.25, -0.2) is 0 Å². The van der Waals surface area contributed by atoms with E-state index >= 15 is 0 Å². The maximum Gasteiger partial charge on any atom is 0.253 e. The van der Waals surface area contributed by atoms with Gasteiger partial charge in [0, 0.05) is 10.5 Å². The summed E-state index contributed by atoms with van der Waals surface area (Å²) in [5.41, 5.74) is 0. The van der Waals surface area contributed by atoms with E-state index < -0.39 is 0 Å². The summed E-state index contributed by atoms with van der Waals surface area (Å²) in [5, 5.41) is 0.641. The van der Waals surface area contributed by atoms with E-state index in [2.05, 4.69) is 0 Å². The second kappa shape index (κ2) is 5.82. The molecule has 0 aromatic rings. The smallest absolute Gasteiger partial charge is 0.253 e. The summed E-state index contributed by atoms with van der Waals surface area (Å²) in [6, 6.07) is 0. The lowest BCUT2D eigenvalue weighted by Crippen LogP contribution is -2.49. The monoisotopic (exact) mass is 262 g/mol. The molecule has 0 aromatic carbocycles. The maximum atomic E-state index is 11.8. The van der Waals surface area contributed by atoms with Gasteiger partial charge >= 0.3 is 0 Å². The summed E-state index contributed by atoms with van der Waals surface area (Å²) in [5.74, 6) is 0.0397. The Balaban J connectivity index is 2.56. The highest BCUT2D eigenvalue weighted by Gasteiger charge is 2.31. The summed E-state index contributed by atoms with van der Waals surface area (Å²) in [6.07, 6.45) is 0. The Hall–Kier alpha value is -0.360. The average molecular weight is 262 g/mol. The van der Waals surface area contributed by atoms with Crippen LogP contribution in [0.1, 0.15) is 27.7 Å². The number of nitrogens with zero attached hydrogens (tertiary/aromatic N) is 2. The van der Waals surface area contributed by atoms with E-state index in [1.807, 2.05) is 27.7 Å². The number of piperazine rings is 1. The molecule has 4 nitrogen and oxygen atoms in total. The number of carbonyl (C=O) groups is 2. The highest BCUT2D eigenvalue weighted by atomic mass is 32.2. The molecule has 1 rings (SSSR count). The van der Waals surface area contributed by atoms with Crippen LogP contribution in [0.5, 0.6) is 0 Å². The minimum absolute atomic E-state index is 0.0199. The fourth-order valence-electron chi connectivity index (χ4n) is 1.28. The first-order valence-electron chi connectivity index (χ1n) is 5.34. The third-order valence-corrected chi connectivity index (χ3v) is 3.81. The van der Waals surface area contributed by atoms with Crippen LogP contribution in [-0.2, 0) is 9.59 Å². The number of amides is 2. The maximum absolute atomic E-state index is 11.8. The van der Waals surface area contributed by atoms with Gasteiger partial charge < -0.3 is 0 Å². The number of rotatable bonds is 4. The Labute approximate surface area is 105 Å². The summed E-state index contributed by atoms with van der Waals surface area (Å²) in [7, 11) is 0. The molecule has 0 atom stereocenters. The van der Waals surface area contributed by atoms with Crippen LogP contribution < -0.4 is 0 Å². The lowest BCUT2D eigenvalue weighted by atomic mass is 10.4. The number of hydrogen-bond acceptors (Lipinski definition) is 4. The molecule has 6 heteroatoms. The number of carbonyl (C=O) groups excluding carboxylic acids is 2. The van der Waals surface area contributed by atoms with E-state index in [1.54, 1.807) is 8.61 Å². The summed E-state index contributed by atoms with van der Waals surface area (Å²) >= 11 is 2.87. The van der Waals surface area contributed by atoms with E-state index in [-0.39, 0.29) is 24.9 Å². The zero-order chi connectivity index (χ0) is 12.3. The minimum atomic E-state index is 0.0199.